The lowest BCUT2D eigenvalue weighted by molar-refractivity contribution is 0.194. The van der Waals surface area contributed by atoms with Crippen molar-refractivity contribution in [2.24, 2.45) is 5.41 Å². The molecule has 1 saturated heterocycles. The van der Waals surface area contributed by atoms with E-state index in [1.807, 2.05) is 18.2 Å². The molecule has 0 aliphatic carbocycles. The molecule has 1 aromatic rings. The number of ether oxygens (including phenoxy) is 1. The van der Waals surface area contributed by atoms with Crippen molar-refractivity contribution < 1.29 is 4.74 Å². The maximum Gasteiger partial charge on any atom is 0.174 e. The van der Waals surface area contributed by atoms with E-state index in [2.05, 4.69) is 30.9 Å². The monoisotopic (exact) mass is 244 g/mol. The molecule has 18 heavy (non-hydrogen) atoms. The van der Waals surface area contributed by atoms with E-state index in [1.165, 1.54) is 18.5 Å². The van der Waals surface area contributed by atoms with Crippen LogP contribution < -0.4 is 9.64 Å². The first kappa shape index (κ1) is 12.8. The van der Waals surface area contributed by atoms with Gasteiger partial charge in [0.1, 0.15) is 11.8 Å². The van der Waals surface area contributed by atoms with E-state index in [0.29, 0.717) is 5.41 Å². The molecule has 2 rings (SSSR count). The van der Waals surface area contributed by atoms with Gasteiger partial charge in [-0.3, -0.25) is 0 Å². The molecule has 1 fully saturated rings. The SMILES string of the molecule is CCC1(CC)CN(c2ccc(OCC#N)cc2)C1. The molecule has 0 amide bonds. The van der Waals surface area contributed by atoms with Crippen molar-refractivity contribution >= 4 is 5.69 Å². The predicted molar refractivity (Wildman–Crippen MR) is 72.8 cm³/mol. The molecule has 0 bridgehead atoms. The highest BCUT2D eigenvalue weighted by atomic mass is 16.5. The highest BCUT2D eigenvalue weighted by Gasteiger charge is 2.39. The first-order chi connectivity index (χ1) is 8.73. The number of hydrogen-bond acceptors (Lipinski definition) is 3. The number of anilines is 1. The molecular weight excluding hydrogens is 224 g/mol. The van der Waals surface area contributed by atoms with Gasteiger partial charge in [0.05, 0.1) is 0 Å². The van der Waals surface area contributed by atoms with Crippen molar-refractivity contribution in [3.05, 3.63) is 24.3 Å². The van der Waals surface area contributed by atoms with Gasteiger partial charge in [0.2, 0.25) is 0 Å². The van der Waals surface area contributed by atoms with Crippen molar-refractivity contribution in [1.82, 2.24) is 0 Å². The van der Waals surface area contributed by atoms with Crippen molar-refractivity contribution in [3.63, 3.8) is 0 Å². The maximum atomic E-state index is 8.45. The molecule has 1 heterocycles. The summed E-state index contributed by atoms with van der Waals surface area (Å²) >= 11 is 0. The second kappa shape index (κ2) is 5.30. The molecule has 0 unspecified atom stereocenters. The molecular formula is C15H20N2O. The minimum atomic E-state index is 0.109. The molecule has 1 aliphatic rings. The molecule has 0 aromatic heterocycles. The molecule has 96 valence electrons. The predicted octanol–water partition coefficient (Wildman–Crippen LogP) is 3.22. The second-order valence-corrected chi connectivity index (χ2v) is 5.00. The Bertz CT molecular complexity index is 421. The Morgan fingerprint density at radius 2 is 1.83 bits per heavy atom. The molecule has 3 heteroatoms. The zero-order valence-corrected chi connectivity index (χ0v) is 11.1. The average Bonchev–Trinajstić information content (AvgIpc) is 2.38. The average molecular weight is 244 g/mol. The molecule has 0 radical (unpaired) electrons. The van der Waals surface area contributed by atoms with E-state index in [1.54, 1.807) is 0 Å². The fourth-order valence-corrected chi connectivity index (χ4v) is 2.51. The quantitative estimate of drug-likeness (QED) is 0.798. The summed E-state index contributed by atoms with van der Waals surface area (Å²) in [5.41, 5.74) is 1.77. The van der Waals surface area contributed by atoms with Gasteiger partial charge in [-0.25, -0.2) is 0 Å². The first-order valence-corrected chi connectivity index (χ1v) is 6.58. The molecule has 1 aromatic carbocycles. The van der Waals surface area contributed by atoms with Gasteiger partial charge < -0.3 is 9.64 Å². The summed E-state index contributed by atoms with van der Waals surface area (Å²) in [6, 6.07) is 9.98. The van der Waals surface area contributed by atoms with Crippen LogP contribution in [0.5, 0.6) is 5.75 Å². The summed E-state index contributed by atoms with van der Waals surface area (Å²) < 4.78 is 5.25. The number of nitrogens with zero attached hydrogens (tertiary/aromatic N) is 2. The largest absolute Gasteiger partial charge is 0.479 e. The summed E-state index contributed by atoms with van der Waals surface area (Å²) in [6.07, 6.45) is 2.51. The summed E-state index contributed by atoms with van der Waals surface area (Å²) in [5, 5.41) is 8.45. The smallest absolute Gasteiger partial charge is 0.174 e. The molecule has 0 N–H and O–H groups in total. The van der Waals surface area contributed by atoms with Crippen molar-refractivity contribution in [1.29, 1.82) is 5.26 Å². The van der Waals surface area contributed by atoms with E-state index < -0.39 is 0 Å². The summed E-state index contributed by atoms with van der Waals surface area (Å²) in [7, 11) is 0. The van der Waals surface area contributed by atoms with Crippen LogP contribution in [0.2, 0.25) is 0 Å². The van der Waals surface area contributed by atoms with Crippen LogP contribution in [0.1, 0.15) is 26.7 Å². The van der Waals surface area contributed by atoms with Gasteiger partial charge in [-0.15, -0.1) is 0 Å². The van der Waals surface area contributed by atoms with Crippen LogP contribution in [0.3, 0.4) is 0 Å². The normalized spacial score (nSPS) is 16.8. The lowest BCUT2D eigenvalue weighted by Crippen LogP contribution is -2.55. The van der Waals surface area contributed by atoms with Gasteiger partial charge in [-0.1, -0.05) is 13.8 Å². The summed E-state index contributed by atoms with van der Waals surface area (Å²) in [4.78, 5) is 2.40. The zero-order chi connectivity index (χ0) is 13.0. The number of hydrogen-bond donors (Lipinski definition) is 0. The van der Waals surface area contributed by atoms with Gasteiger partial charge in [-0.05, 0) is 37.1 Å². The molecule has 0 atom stereocenters. The van der Waals surface area contributed by atoms with Crippen LogP contribution in [0, 0.1) is 16.7 Å². The van der Waals surface area contributed by atoms with Crippen LogP contribution in [0.4, 0.5) is 5.69 Å². The Labute approximate surface area is 109 Å². The van der Waals surface area contributed by atoms with Crippen molar-refractivity contribution in [2.45, 2.75) is 26.7 Å². The Kier molecular flexibility index (Phi) is 3.76. The number of rotatable bonds is 5. The summed E-state index contributed by atoms with van der Waals surface area (Å²) in [6.45, 7) is 6.97. The fourth-order valence-electron chi connectivity index (χ4n) is 2.51. The van der Waals surface area contributed by atoms with E-state index in [4.69, 9.17) is 10.00 Å². The third-order valence-electron chi connectivity index (χ3n) is 4.06. The topological polar surface area (TPSA) is 36.3 Å². The van der Waals surface area contributed by atoms with Crippen LogP contribution >= 0.6 is 0 Å². The molecule has 0 spiro atoms. The van der Waals surface area contributed by atoms with E-state index in [-0.39, 0.29) is 6.61 Å². The number of nitriles is 1. The maximum absolute atomic E-state index is 8.45. The Morgan fingerprint density at radius 1 is 1.22 bits per heavy atom. The Balaban J connectivity index is 1.94. The van der Waals surface area contributed by atoms with Crippen LogP contribution in [0.25, 0.3) is 0 Å². The fraction of sp³-hybridized carbons (Fsp3) is 0.533. The van der Waals surface area contributed by atoms with Crippen LogP contribution in [0.15, 0.2) is 24.3 Å². The van der Waals surface area contributed by atoms with Crippen molar-refractivity contribution in [2.75, 3.05) is 24.6 Å². The lowest BCUT2D eigenvalue weighted by atomic mass is 9.75. The van der Waals surface area contributed by atoms with Crippen molar-refractivity contribution in [3.8, 4) is 11.8 Å². The Hall–Kier alpha value is -1.69. The van der Waals surface area contributed by atoms with Gasteiger partial charge >= 0.3 is 0 Å². The van der Waals surface area contributed by atoms with Crippen LogP contribution in [-0.4, -0.2) is 19.7 Å². The van der Waals surface area contributed by atoms with Gasteiger partial charge in [0, 0.05) is 24.2 Å². The highest BCUT2D eigenvalue weighted by molar-refractivity contribution is 5.52. The highest BCUT2D eigenvalue weighted by Crippen LogP contribution is 2.39. The lowest BCUT2D eigenvalue weighted by Gasteiger charge is -2.51. The molecule has 1 aliphatic heterocycles. The second-order valence-electron chi connectivity index (χ2n) is 5.00. The third kappa shape index (κ3) is 2.43. The third-order valence-corrected chi connectivity index (χ3v) is 4.06. The van der Waals surface area contributed by atoms with Gasteiger partial charge in [0.25, 0.3) is 0 Å². The standard InChI is InChI=1S/C15H20N2O/c1-3-15(4-2)11-17(12-15)13-5-7-14(8-6-13)18-10-9-16/h5-8H,3-4,10-12H2,1-2H3. The van der Waals surface area contributed by atoms with E-state index in [9.17, 15) is 0 Å². The number of benzene rings is 1. The first-order valence-electron chi connectivity index (χ1n) is 6.58. The molecule has 0 saturated carbocycles. The Morgan fingerprint density at radius 3 is 2.33 bits per heavy atom. The minimum absolute atomic E-state index is 0.109. The zero-order valence-electron chi connectivity index (χ0n) is 11.1. The van der Waals surface area contributed by atoms with E-state index >= 15 is 0 Å². The van der Waals surface area contributed by atoms with Gasteiger partial charge in [-0.2, -0.15) is 5.26 Å². The van der Waals surface area contributed by atoms with E-state index in [0.717, 1.165) is 18.8 Å². The van der Waals surface area contributed by atoms with Gasteiger partial charge in [0.15, 0.2) is 6.61 Å². The summed E-state index contributed by atoms with van der Waals surface area (Å²) in [5.74, 6) is 0.762. The molecule has 3 nitrogen and oxygen atoms in total. The minimum Gasteiger partial charge on any atom is -0.479 e. The van der Waals surface area contributed by atoms with Crippen LogP contribution in [-0.2, 0) is 0 Å².